The molecule has 4 N–H and O–H groups in total. The Bertz CT molecular complexity index is 1980. The summed E-state index contributed by atoms with van der Waals surface area (Å²) in [4.78, 5) is 47.6. The number of hydrogen-bond donors (Lipinski definition) is 4. The lowest BCUT2D eigenvalue weighted by Crippen LogP contribution is -2.60. The lowest BCUT2D eigenvalue weighted by molar-refractivity contribution is -0.130. The average molecular weight is 742 g/mol. The first kappa shape index (κ1) is 39.6. The van der Waals surface area contributed by atoms with Crippen molar-refractivity contribution >= 4 is 38.5 Å². The quantitative estimate of drug-likeness (QED) is 0.158. The van der Waals surface area contributed by atoms with Gasteiger partial charge in [0.05, 0.1) is 33.8 Å². The largest absolute Gasteiger partial charge is 0.390 e. The summed E-state index contributed by atoms with van der Waals surface area (Å²) in [6, 6.07) is 26.0. The van der Waals surface area contributed by atoms with Gasteiger partial charge in [-0.05, 0) is 75.8 Å². The van der Waals surface area contributed by atoms with Crippen LogP contribution in [0.2, 0.25) is 0 Å². The number of piperidine rings is 1. The van der Waals surface area contributed by atoms with E-state index in [-0.39, 0.29) is 54.8 Å². The van der Waals surface area contributed by atoms with Crippen molar-refractivity contribution in [1.29, 1.82) is 0 Å². The van der Waals surface area contributed by atoms with Crippen molar-refractivity contribution in [1.82, 2.24) is 25.8 Å². The molecule has 2 heterocycles. The van der Waals surface area contributed by atoms with Crippen LogP contribution in [0.1, 0.15) is 63.5 Å². The van der Waals surface area contributed by atoms with Gasteiger partial charge in [-0.1, -0.05) is 86.6 Å². The molecule has 3 aromatic carbocycles. The smallest absolute Gasteiger partial charge is 0.270 e. The first-order valence-electron chi connectivity index (χ1n) is 18.2. The summed E-state index contributed by atoms with van der Waals surface area (Å²) < 4.78 is 27.3. The highest BCUT2D eigenvalue weighted by atomic mass is 32.2. The fraction of sp³-hybridized carbons (Fsp3) is 0.415. The normalized spacial score (nSPS) is 18.5. The summed E-state index contributed by atoms with van der Waals surface area (Å²) in [5.41, 5.74) is 1.14. The van der Waals surface area contributed by atoms with Crippen molar-refractivity contribution in [2.24, 2.45) is 5.92 Å². The number of fused-ring (bicyclic) bond motifs is 1. The first-order valence-corrected chi connectivity index (χ1v) is 19.7. The molecular weight excluding hydrogens is 691 g/mol. The molecule has 11 nitrogen and oxygen atoms in total. The summed E-state index contributed by atoms with van der Waals surface area (Å²) in [5.74, 6) is -1.59. The van der Waals surface area contributed by atoms with Crippen molar-refractivity contribution in [3.8, 4) is 0 Å². The Morgan fingerprint density at radius 2 is 1.53 bits per heavy atom. The Kier molecular flexibility index (Phi) is 12.7. The highest BCUT2D eigenvalue weighted by Gasteiger charge is 2.42. The Hall–Kier alpha value is -4.65. The summed E-state index contributed by atoms with van der Waals surface area (Å²) in [7, 11) is -3.72. The van der Waals surface area contributed by atoms with Crippen LogP contribution in [0.25, 0.3) is 10.9 Å². The summed E-state index contributed by atoms with van der Waals surface area (Å²) >= 11 is 0. The number of nitrogens with one attached hydrogen (secondary N) is 3. The molecule has 1 aliphatic heterocycles. The van der Waals surface area contributed by atoms with Gasteiger partial charge in [-0.3, -0.25) is 19.3 Å². The number of pyridine rings is 1. The highest BCUT2D eigenvalue weighted by molar-refractivity contribution is 7.92. The molecule has 1 aromatic heterocycles. The minimum atomic E-state index is -3.72. The Morgan fingerprint density at radius 1 is 0.887 bits per heavy atom. The van der Waals surface area contributed by atoms with Gasteiger partial charge in [0, 0.05) is 24.0 Å². The lowest BCUT2D eigenvalue weighted by atomic mass is 9.95. The number of carbonyl (C=O) groups excluding carboxylic acids is 3. The van der Waals surface area contributed by atoms with Gasteiger partial charge in [0.25, 0.3) is 5.91 Å². The van der Waals surface area contributed by atoms with E-state index in [9.17, 15) is 27.9 Å². The molecule has 4 unspecified atom stereocenters. The predicted octanol–water partition coefficient (Wildman–Crippen LogP) is 4.30. The molecule has 0 spiro atoms. The predicted molar refractivity (Wildman–Crippen MR) is 206 cm³/mol. The van der Waals surface area contributed by atoms with Crippen molar-refractivity contribution in [2.45, 2.75) is 93.8 Å². The zero-order chi connectivity index (χ0) is 38.3. The first-order chi connectivity index (χ1) is 25.1. The molecule has 5 atom stereocenters. The molecule has 1 saturated heterocycles. The molecule has 0 bridgehead atoms. The standard InChI is InChI=1S/C41H51N5O6S/c1-27(2)37(44-38(48)33-21-20-29-16-12-13-19-32(29)42-33)40(50)43-34(24-28-14-8-6-9-15-28)36(47)26-46-23-22-31(25-35(46)39(49)45-41(3,4)5)53(51,52)30-17-10-7-11-18-30/h6-21,27,31,34-37,47H,22-26H2,1-5H3,(H,43,50)(H,44,48)(H,45,49)/t31?,34?,35?,36?,37-/m0/s1. The van der Waals surface area contributed by atoms with Crippen LogP contribution in [0.4, 0.5) is 0 Å². The van der Waals surface area contributed by atoms with Crippen LogP contribution in [0.3, 0.4) is 0 Å². The van der Waals surface area contributed by atoms with Gasteiger partial charge in [0.15, 0.2) is 9.84 Å². The van der Waals surface area contributed by atoms with Gasteiger partial charge in [-0.15, -0.1) is 0 Å². The number of sulfone groups is 1. The molecule has 53 heavy (non-hydrogen) atoms. The second kappa shape index (κ2) is 17.0. The van der Waals surface area contributed by atoms with E-state index in [0.717, 1.165) is 10.9 Å². The van der Waals surface area contributed by atoms with Crippen LogP contribution < -0.4 is 16.0 Å². The molecule has 0 radical (unpaired) electrons. The number of benzene rings is 3. The van der Waals surface area contributed by atoms with Crippen LogP contribution >= 0.6 is 0 Å². The summed E-state index contributed by atoms with van der Waals surface area (Å²) in [5, 5.41) is 20.8. The van der Waals surface area contributed by atoms with E-state index in [1.807, 2.05) is 100 Å². The van der Waals surface area contributed by atoms with Crippen LogP contribution in [0.5, 0.6) is 0 Å². The van der Waals surface area contributed by atoms with E-state index in [1.54, 1.807) is 36.4 Å². The fourth-order valence-electron chi connectivity index (χ4n) is 6.74. The third-order valence-corrected chi connectivity index (χ3v) is 11.8. The number of aliphatic hydroxyl groups excluding tert-OH is 1. The number of aliphatic hydroxyl groups is 1. The van der Waals surface area contributed by atoms with Gasteiger partial charge in [-0.2, -0.15) is 0 Å². The van der Waals surface area contributed by atoms with Crippen LogP contribution in [-0.2, 0) is 25.8 Å². The van der Waals surface area contributed by atoms with E-state index < -0.39 is 56.7 Å². The molecule has 282 valence electrons. The summed E-state index contributed by atoms with van der Waals surface area (Å²) in [6.07, 6.45) is -0.567. The highest BCUT2D eigenvalue weighted by Crippen LogP contribution is 2.29. The Labute approximate surface area is 312 Å². The molecule has 4 aromatic rings. The van der Waals surface area contributed by atoms with E-state index in [4.69, 9.17) is 0 Å². The van der Waals surface area contributed by atoms with Gasteiger partial charge in [0.2, 0.25) is 11.8 Å². The number of rotatable bonds is 13. The Balaban J connectivity index is 1.36. The second-order valence-electron chi connectivity index (χ2n) is 15.2. The minimum absolute atomic E-state index is 0.00215. The monoisotopic (exact) mass is 741 g/mol. The zero-order valence-electron chi connectivity index (χ0n) is 31.0. The Morgan fingerprint density at radius 3 is 2.19 bits per heavy atom. The third-order valence-electron chi connectivity index (χ3n) is 9.56. The lowest BCUT2D eigenvalue weighted by Gasteiger charge is -2.41. The van der Waals surface area contributed by atoms with E-state index in [2.05, 4.69) is 20.9 Å². The van der Waals surface area contributed by atoms with Crippen molar-refractivity contribution < 1.29 is 27.9 Å². The maximum Gasteiger partial charge on any atom is 0.270 e. The maximum atomic E-state index is 14.0. The van der Waals surface area contributed by atoms with Crippen molar-refractivity contribution in [2.75, 3.05) is 13.1 Å². The van der Waals surface area contributed by atoms with Crippen molar-refractivity contribution in [3.05, 3.63) is 108 Å². The van der Waals surface area contributed by atoms with Crippen LogP contribution in [0.15, 0.2) is 102 Å². The third kappa shape index (κ3) is 10.3. The molecule has 5 rings (SSSR count). The SMILES string of the molecule is CC(C)[C@H](NC(=O)c1ccc2ccccc2n1)C(=O)NC(Cc1ccccc1)C(O)CN1CCC(S(=O)(=O)c2ccccc2)CC1C(=O)NC(C)(C)C. The fourth-order valence-corrected chi connectivity index (χ4v) is 8.52. The number of carbonyl (C=O) groups is 3. The number of nitrogens with zero attached hydrogens (tertiary/aromatic N) is 2. The number of amides is 3. The van der Waals surface area contributed by atoms with E-state index >= 15 is 0 Å². The molecule has 1 fully saturated rings. The summed E-state index contributed by atoms with van der Waals surface area (Å²) in [6.45, 7) is 9.47. The van der Waals surface area contributed by atoms with Crippen LogP contribution in [0, 0.1) is 5.92 Å². The molecular formula is C41H51N5O6S. The number of para-hydroxylation sites is 1. The molecule has 1 aliphatic rings. The average Bonchev–Trinajstić information content (AvgIpc) is 3.13. The maximum absolute atomic E-state index is 14.0. The zero-order valence-corrected chi connectivity index (χ0v) is 31.8. The van der Waals surface area contributed by atoms with Gasteiger partial charge >= 0.3 is 0 Å². The molecule has 0 saturated carbocycles. The number of β-amino-alcohol motifs (C(OH)–C–C–N with tert-alkyl or cyclic N) is 1. The molecule has 3 amide bonds. The van der Waals surface area contributed by atoms with Crippen LogP contribution in [-0.4, -0.2) is 89.2 Å². The molecule has 0 aliphatic carbocycles. The van der Waals surface area contributed by atoms with E-state index in [0.29, 0.717) is 5.52 Å². The van der Waals surface area contributed by atoms with Crippen molar-refractivity contribution in [3.63, 3.8) is 0 Å². The number of aromatic nitrogens is 1. The number of hydrogen-bond acceptors (Lipinski definition) is 8. The molecule has 12 heteroatoms. The number of likely N-dealkylation sites (tertiary alicyclic amines) is 1. The topological polar surface area (TPSA) is 158 Å². The van der Waals surface area contributed by atoms with Gasteiger partial charge < -0.3 is 21.1 Å². The van der Waals surface area contributed by atoms with E-state index in [1.165, 1.54) is 0 Å². The second-order valence-corrected chi connectivity index (χ2v) is 17.4. The minimum Gasteiger partial charge on any atom is -0.390 e. The van der Waals surface area contributed by atoms with Gasteiger partial charge in [-0.25, -0.2) is 13.4 Å². The van der Waals surface area contributed by atoms with Gasteiger partial charge in [0.1, 0.15) is 11.7 Å².